The fourth-order valence-electron chi connectivity index (χ4n) is 3.40. The molecule has 1 unspecified atom stereocenters. The Morgan fingerprint density at radius 1 is 1.17 bits per heavy atom. The van der Waals surface area contributed by atoms with E-state index in [1.807, 2.05) is 12.4 Å². The number of hydrogen-bond donors (Lipinski definition) is 1. The second kappa shape index (κ2) is 6.92. The molecular formula is C19H22N2O2. The van der Waals surface area contributed by atoms with E-state index in [-0.39, 0.29) is 12.0 Å². The molecule has 4 nitrogen and oxygen atoms in total. The maximum absolute atomic E-state index is 11.2. The molecule has 23 heavy (non-hydrogen) atoms. The zero-order valence-electron chi connectivity index (χ0n) is 13.4. The highest BCUT2D eigenvalue weighted by Gasteiger charge is 2.30. The molecule has 0 aliphatic carbocycles. The first-order valence-electron chi connectivity index (χ1n) is 8.08. The van der Waals surface area contributed by atoms with Crippen molar-refractivity contribution in [2.45, 2.75) is 25.8 Å². The third-order valence-electron chi connectivity index (χ3n) is 4.62. The summed E-state index contributed by atoms with van der Waals surface area (Å²) in [6.07, 6.45) is 5.07. The smallest absolute Gasteiger partial charge is 0.306 e. The van der Waals surface area contributed by atoms with E-state index in [2.05, 4.69) is 53.2 Å². The molecule has 4 heteroatoms. The van der Waals surface area contributed by atoms with Gasteiger partial charge in [0.05, 0.1) is 12.0 Å². The topological polar surface area (TPSA) is 53.4 Å². The number of carboxylic acids is 1. The summed E-state index contributed by atoms with van der Waals surface area (Å²) in [5, 5.41) is 9.21. The summed E-state index contributed by atoms with van der Waals surface area (Å²) in [7, 11) is 0. The molecule has 120 valence electrons. The van der Waals surface area contributed by atoms with Crippen LogP contribution in [0.2, 0.25) is 0 Å². The van der Waals surface area contributed by atoms with E-state index < -0.39 is 5.97 Å². The fraction of sp³-hybridized carbons (Fsp3) is 0.368. The third-order valence-corrected chi connectivity index (χ3v) is 4.62. The molecule has 1 aliphatic heterocycles. The molecule has 2 aromatic rings. The third kappa shape index (κ3) is 3.59. The number of carbonyl (C=O) groups is 1. The van der Waals surface area contributed by atoms with Gasteiger partial charge in [0.15, 0.2) is 0 Å². The number of nitrogens with zero attached hydrogens (tertiary/aromatic N) is 2. The van der Waals surface area contributed by atoms with Crippen LogP contribution in [0.15, 0.2) is 48.8 Å². The van der Waals surface area contributed by atoms with Crippen LogP contribution in [-0.4, -0.2) is 34.0 Å². The van der Waals surface area contributed by atoms with Crippen molar-refractivity contribution in [3.63, 3.8) is 0 Å². The van der Waals surface area contributed by atoms with Crippen molar-refractivity contribution in [2.75, 3.05) is 13.1 Å². The number of hydrogen-bond acceptors (Lipinski definition) is 3. The standard InChI is InChI=1S/C19H22N2O2/c1-14-3-2-4-17(13-14)18(15-5-9-20-10-6-15)21-11-7-16(8-12-21)19(22)23/h2-6,9-10,13,16,18H,7-8,11-12H2,1H3,(H,22,23). The Balaban J connectivity index is 1.89. The fourth-order valence-corrected chi connectivity index (χ4v) is 3.40. The second-order valence-corrected chi connectivity index (χ2v) is 6.25. The summed E-state index contributed by atoms with van der Waals surface area (Å²) in [4.78, 5) is 17.7. The van der Waals surface area contributed by atoms with Crippen molar-refractivity contribution in [3.05, 3.63) is 65.5 Å². The quantitative estimate of drug-likeness (QED) is 0.941. The van der Waals surface area contributed by atoms with Crippen LogP contribution in [0, 0.1) is 12.8 Å². The first-order valence-corrected chi connectivity index (χ1v) is 8.08. The van der Waals surface area contributed by atoms with Crippen molar-refractivity contribution in [1.29, 1.82) is 0 Å². The average Bonchev–Trinajstić information content (AvgIpc) is 2.57. The summed E-state index contributed by atoms with van der Waals surface area (Å²) in [5.41, 5.74) is 3.70. The minimum atomic E-state index is -0.666. The van der Waals surface area contributed by atoms with Crippen LogP contribution in [0.3, 0.4) is 0 Å². The molecule has 1 fully saturated rings. The van der Waals surface area contributed by atoms with E-state index in [4.69, 9.17) is 0 Å². The van der Waals surface area contributed by atoms with Crippen LogP contribution in [0.4, 0.5) is 0 Å². The van der Waals surface area contributed by atoms with Crippen LogP contribution in [-0.2, 0) is 4.79 Å². The SMILES string of the molecule is Cc1cccc(C(c2ccncc2)N2CCC(C(=O)O)CC2)c1. The molecule has 0 bridgehead atoms. The molecule has 0 spiro atoms. The highest BCUT2D eigenvalue weighted by Crippen LogP contribution is 2.32. The van der Waals surface area contributed by atoms with E-state index >= 15 is 0 Å². The van der Waals surface area contributed by atoms with Gasteiger partial charge >= 0.3 is 5.97 Å². The Morgan fingerprint density at radius 3 is 2.48 bits per heavy atom. The van der Waals surface area contributed by atoms with Crippen molar-refractivity contribution in [1.82, 2.24) is 9.88 Å². The Kier molecular flexibility index (Phi) is 4.72. The maximum Gasteiger partial charge on any atom is 0.306 e. The van der Waals surface area contributed by atoms with Crippen LogP contribution in [0.1, 0.15) is 35.6 Å². The number of benzene rings is 1. The van der Waals surface area contributed by atoms with Crippen molar-refractivity contribution >= 4 is 5.97 Å². The van der Waals surface area contributed by atoms with Crippen molar-refractivity contribution in [2.24, 2.45) is 5.92 Å². The van der Waals surface area contributed by atoms with E-state index in [0.717, 1.165) is 13.1 Å². The van der Waals surface area contributed by atoms with E-state index in [9.17, 15) is 9.90 Å². The van der Waals surface area contributed by atoms with Gasteiger partial charge in [0.2, 0.25) is 0 Å². The van der Waals surface area contributed by atoms with Gasteiger partial charge in [0, 0.05) is 12.4 Å². The number of rotatable bonds is 4. The molecule has 3 rings (SSSR count). The predicted octanol–water partition coefficient (Wildman–Crippen LogP) is 3.28. The molecule has 1 N–H and O–H groups in total. The average molecular weight is 310 g/mol. The van der Waals surface area contributed by atoms with Gasteiger partial charge < -0.3 is 5.11 Å². The minimum absolute atomic E-state index is 0.160. The lowest BCUT2D eigenvalue weighted by atomic mass is 9.91. The molecule has 1 aliphatic rings. The number of carboxylic acid groups (broad SMARTS) is 1. The Hall–Kier alpha value is -2.20. The maximum atomic E-state index is 11.2. The largest absolute Gasteiger partial charge is 0.481 e. The highest BCUT2D eigenvalue weighted by molar-refractivity contribution is 5.70. The Bertz CT molecular complexity index is 664. The van der Waals surface area contributed by atoms with Gasteiger partial charge in [0.1, 0.15) is 0 Å². The second-order valence-electron chi connectivity index (χ2n) is 6.25. The summed E-state index contributed by atoms with van der Waals surface area (Å²) >= 11 is 0. The summed E-state index contributed by atoms with van der Waals surface area (Å²) in [5.74, 6) is -0.873. The van der Waals surface area contributed by atoms with Crippen molar-refractivity contribution in [3.8, 4) is 0 Å². The number of likely N-dealkylation sites (tertiary alicyclic amines) is 1. The number of aliphatic carboxylic acids is 1. The molecule has 1 aromatic carbocycles. The van der Waals surface area contributed by atoms with Gasteiger partial charge in [0.25, 0.3) is 0 Å². The van der Waals surface area contributed by atoms with E-state index in [0.29, 0.717) is 12.8 Å². The Labute approximate surface area is 136 Å². The first kappa shape index (κ1) is 15.7. The molecule has 0 radical (unpaired) electrons. The van der Waals surface area contributed by atoms with Crippen molar-refractivity contribution < 1.29 is 9.90 Å². The van der Waals surface area contributed by atoms with Crippen LogP contribution in [0.5, 0.6) is 0 Å². The highest BCUT2D eigenvalue weighted by atomic mass is 16.4. The molecule has 0 amide bonds. The Morgan fingerprint density at radius 2 is 1.87 bits per heavy atom. The van der Waals surface area contributed by atoms with Gasteiger partial charge in [-0.1, -0.05) is 29.8 Å². The summed E-state index contributed by atoms with van der Waals surface area (Å²) in [6.45, 7) is 3.71. The van der Waals surface area contributed by atoms with Gasteiger partial charge in [-0.05, 0) is 56.1 Å². The lowest BCUT2D eigenvalue weighted by molar-refractivity contribution is -0.143. The van der Waals surface area contributed by atoms with Crippen LogP contribution < -0.4 is 0 Å². The van der Waals surface area contributed by atoms with Gasteiger partial charge in [-0.25, -0.2) is 0 Å². The van der Waals surface area contributed by atoms with Crippen LogP contribution in [0.25, 0.3) is 0 Å². The lowest BCUT2D eigenvalue weighted by Gasteiger charge is -2.37. The summed E-state index contributed by atoms with van der Waals surface area (Å²) in [6, 6.07) is 12.8. The molecule has 1 saturated heterocycles. The molecule has 0 saturated carbocycles. The zero-order valence-corrected chi connectivity index (χ0v) is 13.4. The monoisotopic (exact) mass is 310 g/mol. The minimum Gasteiger partial charge on any atom is -0.481 e. The first-order chi connectivity index (χ1) is 11.1. The lowest BCUT2D eigenvalue weighted by Crippen LogP contribution is -2.39. The molecule has 2 heterocycles. The predicted molar refractivity (Wildman–Crippen MR) is 89.2 cm³/mol. The summed E-state index contributed by atoms with van der Waals surface area (Å²) < 4.78 is 0. The molecular weight excluding hydrogens is 288 g/mol. The van der Waals surface area contributed by atoms with Crippen LogP contribution >= 0.6 is 0 Å². The molecule has 1 atom stereocenters. The number of piperidine rings is 1. The molecule has 1 aromatic heterocycles. The number of pyridine rings is 1. The number of aromatic nitrogens is 1. The van der Waals surface area contributed by atoms with E-state index in [1.54, 1.807) is 0 Å². The van der Waals surface area contributed by atoms with E-state index in [1.165, 1.54) is 16.7 Å². The van der Waals surface area contributed by atoms with Gasteiger partial charge in [-0.3, -0.25) is 14.7 Å². The van der Waals surface area contributed by atoms with Gasteiger partial charge in [-0.15, -0.1) is 0 Å². The zero-order chi connectivity index (χ0) is 16.2. The van der Waals surface area contributed by atoms with Gasteiger partial charge in [-0.2, -0.15) is 0 Å². The normalized spacial score (nSPS) is 17.8. The number of aryl methyl sites for hydroxylation is 1.